The second-order valence-electron chi connectivity index (χ2n) is 5.73. The number of nitrogens with zero attached hydrogens (tertiary/aromatic N) is 1. The van der Waals surface area contributed by atoms with Crippen LogP contribution in [-0.2, 0) is 4.74 Å². The molecule has 0 bridgehead atoms. The predicted octanol–water partition coefficient (Wildman–Crippen LogP) is 4.02. The van der Waals surface area contributed by atoms with Crippen LogP contribution < -0.4 is 10.1 Å². The molecule has 0 radical (unpaired) electrons. The average molecular weight is 357 g/mol. The van der Waals surface area contributed by atoms with Crippen LogP contribution in [0.3, 0.4) is 0 Å². The zero-order valence-electron chi connectivity index (χ0n) is 13.5. The number of ether oxygens (including phenoxy) is 2. The Balaban J connectivity index is 1.65. The average Bonchev–Trinajstić information content (AvgIpc) is 3.15. The third kappa shape index (κ3) is 4.50. The zero-order valence-corrected chi connectivity index (χ0v) is 14.3. The van der Waals surface area contributed by atoms with E-state index < -0.39 is 0 Å². The summed E-state index contributed by atoms with van der Waals surface area (Å²) in [5.41, 5.74) is 1.29. The van der Waals surface area contributed by atoms with Crippen molar-refractivity contribution in [2.24, 2.45) is 0 Å². The van der Waals surface area contributed by atoms with E-state index in [1.165, 1.54) is 6.07 Å². The van der Waals surface area contributed by atoms with Crippen molar-refractivity contribution in [1.29, 1.82) is 5.26 Å². The molecule has 1 N–H and O–H groups in total. The molecule has 2 aromatic carbocycles. The van der Waals surface area contributed by atoms with Gasteiger partial charge in [-0.25, -0.2) is 0 Å². The summed E-state index contributed by atoms with van der Waals surface area (Å²) in [5.74, 6) is 0.339. The van der Waals surface area contributed by atoms with Crippen LogP contribution in [0, 0.1) is 11.3 Å². The molecule has 128 valence electrons. The summed E-state index contributed by atoms with van der Waals surface area (Å²) >= 11 is 5.90. The molecule has 1 aliphatic rings. The van der Waals surface area contributed by atoms with Crippen molar-refractivity contribution in [2.45, 2.75) is 18.9 Å². The van der Waals surface area contributed by atoms with E-state index >= 15 is 0 Å². The van der Waals surface area contributed by atoms with Crippen LogP contribution in [0.1, 0.15) is 28.8 Å². The number of carbonyl (C=O) groups excluding carboxylic acids is 1. The Morgan fingerprint density at radius 1 is 1.36 bits per heavy atom. The Morgan fingerprint density at radius 2 is 2.24 bits per heavy atom. The number of rotatable bonds is 5. The molecular formula is C19H17ClN2O3. The Morgan fingerprint density at radius 3 is 3.00 bits per heavy atom. The second kappa shape index (κ2) is 8.02. The van der Waals surface area contributed by atoms with Crippen LogP contribution in [0.15, 0.2) is 42.5 Å². The maximum absolute atomic E-state index is 12.4. The van der Waals surface area contributed by atoms with Crippen molar-refractivity contribution in [3.8, 4) is 11.8 Å². The fourth-order valence-electron chi connectivity index (χ4n) is 2.58. The molecule has 6 heteroatoms. The van der Waals surface area contributed by atoms with Gasteiger partial charge in [-0.3, -0.25) is 4.79 Å². The van der Waals surface area contributed by atoms with Crippen LogP contribution >= 0.6 is 11.6 Å². The molecular weight excluding hydrogens is 340 g/mol. The first-order valence-electron chi connectivity index (χ1n) is 8.01. The Bertz CT molecular complexity index is 811. The first-order valence-corrected chi connectivity index (χ1v) is 8.39. The number of benzene rings is 2. The number of anilines is 1. The van der Waals surface area contributed by atoms with Gasteiger partial charge in [0.25, 0.3) is 5.91 Å². The Hall–Kier alpha value is -2.55. The number of halogens is 1. The monoisotopic (exact) mass is 356 g/mol. The lowest BCUT2D eigenvalue weighted by Crippen LogP contribution is -2.17. The van der Waals surface area contributed by atoms with Gasteiger partial charge in [0.05, 0.1) is 16.7 Å². The van der Waals surface area contributed by atoms with Gasteiger partial charge in [0.2, 0.25) is 0 Å². The Labute approximate surface area is 151 Å². The highest BCUT2D eigenvalue weighted by molar-refractivity contribution is 6.31. The fourth-order valence-corrected chi connectivity index (χ4v) is 2.74. The lowest BCUT2D eigenvalue weighted by molar-refractivity contribution is 0.0679. The van der Waals surface area contributed by atoms with E-state index in [-0.39, 0.29) is 12.0 Å². The lowest BCUT2D eigenvalue weighted by atomic mass is 10.1. The maximum Gasteiger partial charge on any atom is 0.255 e. The largest absolute Gasteiger partial charge is 0.491 e. The summed E-state index contributed by atoms with van der Waals surface area (Å²) in [7, 11) is 0. The highest BCUT2D eigenvalue weighted by Crippen LogP contribution is 2.21. The molecule has 2 aromatic rings. The van der Waals surface area contributed by atoms with Gasteiger partial charge in [-0.1, -0.05) is 17.7 Å². The number of nitriles is 1. The van der Waals surface area contributed by atoms with Gasteiger partial charge in [0, 0.05) is 17.9 Å². The third-order valence-corrected chi connectivity index (χ3v) is 4.23. The number of hydrogen-bond acceptors (Lipinski definition) is 4. The summed E-state index contributed by atoms with van der Waals surface area (Å²) in [6.07, 6.45) is 2.18. The minimum atomic E-state index is -0.284. The van der Waals surface area contributed by atoms with E-state index in [9.17, 15) is 4.79 Å². The highest BCUT2D eigenvalue weighted by Gasteiger charge is 2.16. The van der Waals surface area contributed by atoms with E-state index in [1.54, 1.807) is 30.3 Å². The lowest BCUT2D eigenvalue weighted by Gasteiger charge is -2.12. The standard InChI is InChI=1S/C19H17ClN2O3/c20-18-7-6-15(9-14(18)11-21)22-19(23)13-3-1-4-16(10-13)25-12-17-5-2-8-24-17/h1,3-4,6-7,9-10,17H,2,5,8,12H2,(H,22,23). The summed E-state index contributed by atoms with van der Waals surface area (Å²) in [6, 6.07) is 13.7. The number of amides is 1. The molecule has 1 unspecified atom stereocenters. The minimum absolute atomic E-state index is 0.121. The molecule has 5 nitrogen and oxygen atoms in total. The van der Waals surface area contributed by atoms with Gasteiger partial charge in [-0.15, -0.1) is 0 Å². The number of carbonyl (C=O) groups is 1. The smallest absolute Gasteiger partial charge is 0.255 e. The number of nitrogens with one attached hydrogen (secondary N) is 1. The van der Waals surface area contributed by atoms with Gasteiger partial charge in [-0.05, 0) is 49.2 Å². The highest BCUT2D eigenvalue weighted by atomic mass is 35.5. The SMILES string of the molecule is N#Cc1cc(NC(=O)c2cccc(OCC3CCCO3)c2)ccc1Cl. The van der Waals surface area contributed by atoms with E-state index in [0.717, 1.165) is 19.4 Å². The molecule has 0 aliphatic carbocycles. The van der Waals surface area contributed by atoms with E-state index in [1.807, 2.05) is 12.1 Å². The van der Waals surface area contributed by atoms with Gasteiger partial charge in [0.15, 0.2) is 0 Å². The molecule has 1 saturated heterocycles. The summed E-state index contributed by atoms with van der Waals surface area (Å²) in [6.45, 7) is 1.26. The van der Waals surface area contributed by atoms with E-state index in [2.05, 4.69) is 5.32 Å². The van der Waals surface area contributed by atoms with Gasteiger partial charge in [0.1, 0.15) is 18.4 Å². The molecule has 1 amide bonds. The predicted molar refractivity (Wildman–Crippen MR) is 95.0 cm³/mol. The van der Waals surface area contributed by atoms with E-state index in [0.29, 0.717) is 34.2 Å². The Kier molecular flexibility index (Phi) is 5.54. The molecule has 1 heterocycles. The summed E-state index contributed by atoms with van der Waals surface area (Å²) in [4.78, 5) is 12.4. The number of hydrogen-bond donors (Lipinski definition) is 1. The topological polar surface area (TPSA) is 71.4 Å². The third-order valence-electron chi connectivity index (χ3n) is 3.90. The quantitative estimate of drug-likeness (QED) is 0.878. The van der Waals surface area contributed by atoms with Crippen molar-refractivity contribution >= 4 is 23.2 Å². The maximum atomic E-state index is 12.4. The van der Waals surface area contributed by atoms with Gasteiger partial charge in [-0.2, -0.15) is 5.26 Å². The van der Waals surface area contributed by atoms with Gasteiger partial charge >= 0.3 is 0 Å². The van der Waals surface area contributed by atoms with E-state index in [4.69, 9.17) is 26.3 Å². The van der Waals surface area contributed by atoms with Crippen LogP contribution in [0.5, 0.6) is 5.75 Å². The first kappa shape index (κ1) is 17.3. The van der Waals surface area contributed by atoms with Crippen LogP contribution in [0.25, 0.3) is 0 Å². The van der Waals surface area contributed by atoms with Crippen molar-refractivity contribution in [3.63, 3.8) is 0 Å². The van der Waals surface area contributed by atoms with Crippen molar-refractivity contribution in [1.82, 2.24) is 0 Å². The van der Waals surface area contributed by atoms with Crippen LogP contribution in [-0.4, -0.2) is 25.2 Å². The fraction of sp³-hybridized carbons (Fsp3) is 0.263. The first-order chi connectivity index (χ1) is 12.2. The minimum Gasteiger partial charge on any atom is -0.491 e. The van der Waals surface area contributed by atoms with Crippen LogP contribution in [0.4, 0.5) is 5.69 Å². The summed E-state index contributed by atoms with van der Waals surface area (Å²) < 4.78 is 11.2. The summed E-state index contributed by atoms with van der Waals surface area (Å²) in [5, 5.41) is 12.1. The van der Waals surface area contributed by atoms with Gasteiger partial charge < -0.3 is 14.8 Å². The molecule has 3 rings (SSSR count). The zero-order chi connectivity index (χ0) is 17.6. The molecule has 1 atom stereocenters. The molecule has 0 saturated carbocycles. The van der Waals surface area contributed by atoms with Crippen molar-refractivity contribution < 1.29 is 14.3 Å². The second-order valence-corrected chi connectivity index (χ2v) is 6.14. The van der Waals surface area contributed by atoms with Crippen LogP contribution in [0.2, 0.25) is 5.02 Å². The molecule has 0 aromatic heterocycles. The van der Waals surface area contributed by atoms with Crippen molar-refractivity contribution in [2.75, 3.05) is 18.5 Å². The molecule has 0 spiro atoms. The molecule has 1 aliphatic heterocycles. The molecule has 25 heavy (non-hydrogen) atoms. The van der Waals surface area contributed by atoms with Crippen molar-refractivity contribution in [3.05, 3.63) is 58.6 Å². The molecule has 1 fully saturated rings. The normalized spacial score (nSPS) is 16.2.